The molecule has 6 heteroatoms. The SMILES string of the molecule is CCNC(=O)N1CCN(C(=O)CCCO)CC1. The fourth-order valence-corrected chi connectivity index (χ4v) is 1.81. The van der Waals surface area contributed by atoms with Gasteiger partial charge in [0.1, 0.15) is 0 Å². The zero-order valence-electron chi connectivity index (χ0n) is 10.3. The molecule has 2 N–H and O–H groups in total. The summed E-state index contributed by atoms with van der Waals surface area (Å²) in [6.07, 6.45) is 0.896. The normalized spacial score (nSPS) is 15.9. The fourth-order valence-electron chi connectivity index (χ4n) is 1.81. The van der Waals surface area contributed by atoms with Gasteiger partial charge in [-0.3, -0.25) is 4.79 Å². The van der Waals surface area contributed by atoms with Crippen LogP contribution in [0.2, 0.25) is 0 Å². The number of rotatable bonds is 4. The van der Waals surface area contributed by atoms with Crippen molar-refractivity contribution < 1.29 is 14.7 Å². The standard InChI is InChI=1S/C11H21N3O3/c1-2-12-11(17)14-7-5-13(6-8-14)10(16)4-3-9-15/h15H,2-9H2,1H3,(H,12,17). The third kappa shape index (κ3) is 4.22. The molecular formula is C11H21N3O3. The molecule has 6 nitrogen and oxygen atoms in total. The lowest BCUT2D eigenvalue weighted by molar-refractivity contribution is -0.132. The smallest absolute Gasteiger partial charge is 0.317 e. The van der Waals surface area contributed by atoms with Crippen LogP contribution in [0, 0.1) is 0 Å². The molecule has 0 unspecified atom stereocenters. The molecule has 1 fully saturated rings. The van der Waals surface area contributed by atoms with Gasteiger partial charge >= 0.3 is 6.03 Å². The molecule has 0 saturated carbocycles. The van der Waals surface area contributed by atoms with Crippen molar-refractivity contribution in [2.24, 2.45) is 0 Å². The van der Waals surface area contributed by atoms with Gasteiger partial charge in [-0.25, -0.2) is 4.79 Å². The summed E-state index contributed by atoms with van der Waals surface area (Å²) in [5.41, 5.74) is 0. The van der Waals surface area contributed by atoms with Crippen molar-refractivity contribution in [2.75, 3.05) is 39.3 Å². The minimum absolute atomic E-state index is 0.0462. The molecular weight excluding hydrogens is 222 g/mol. The van der Waals surface area contributed by atoms with Crippen molar-refractivity contribution in [1.82, 2.24) is 15.1 Å². The lowest BCUT2D eigenvalue weighted by atomic mass is 10.2. The van der Waals surface area contributed by atoms with Crippen LogP contribution in [0.1, 0.15) is 19.8 Å². The van der Waals surface area contributed by atoms with Crippen LogP contribution < -0.4 is 5.32 Å². The largest absolute Gasteiger partial charge is 0.396 e. The van der Waals surface area contributed by atoms with E-state index in [-0.39, 0.29) is 18.5 Å². The molecule has 1 aliphatic heterocycles. The van der Waals surface area contributed by atoms with Gasteiger partial charge in [0.25, 0.3) is 0 Å². The van der Waals surface area contributed by atoms with E-state index in [1.165, 1.54) is 0 Å². The Kier molecular flexibility index (Phi) is 5.76. The summed E-state index contributed by atoms with van der Waals surface area (Å²) in [6, 6.07) is -0.0602. The monoisotopic (exact) mass is 243 g/mol. The summed E-state index contributed by atoms with van der Waals surface area (Å²) in [7, 11) is 0. The number of piperazine rings is 1. The van der Waals surface area contributed by atoms with Crippen LogP contribution in [0.15, 0.2) is 0 Å². The molecule has 0 aromatic carbocycles. The summed E-state index contributed by atoms with van der Waals surface area (Å²) in [5.74, 6) is 0.0644. The number of amides is 3. The van der Waals surface area contributed by atoms with Crippen LogP contribution >= 0.6 is 0 Å². The highest BCUT2D eigenvalue weighted by Crippen LogP contribution is 2.05. The predicted octanol–water partition coefficient (Wildman–Crippen LogP) is -0.367. The molecule has 1 saturated heterocycles. The van der Waals surface area contributed by atoms with E-state index in [9.17, 15) is 9.59 Å². The first-order chi connectivity index (χ1) is 8.19. The molecule has 1 aliphatic rings. The van der Waals surface area contributed by atoms with E-state index in [2.05, 4.69) is 5.32 Å². The van der Waals surface area contributed by atoms with Gasteiger partial charge in [-0.15, -0.1) is 0 Å². The number of aliphatic hydroxyl groups is 1. The lowest BCUT2D eigenvalue weighted by Gasteiger charge is -2.34. The maximum absolute atomic E-state index is 11.7. The molecule has 1 heterocycles. The highest BCUT2D eigenvalue weighted by Gasteiger charge is 2.23. The van der Waals surface area contributed by atoms with Gasteiger partial charge in [0, 0.05) is 45.8 Å². The number of hydrogen-bond acceptors (Lipinski definition) is 3. The minimum Gasteiger partial charge on any atom is -0.396 e. The number of carbonyl (C=O) groups excluding carboxylic acids is 2. The third-order valence-corrected chi connectivity index (χ3v) is 2.80. The Bertz CT molecular complexity index is 263. The average molecular weight is 243 g/mol. The van der Waals surface area contributed by atoms with Crippen molar-refractivity contribution in [1.29, 1.82) is 0 Å². The van der Waals surface area contributed by atoms with Gasteiger partial charge in [-0.2, -0.15) is 0 Å². The van der Waals surface area contributed by atoms with Gasteiger partial charge in [0.15, 0.2) is 0 Å². The zero-order valence-corrected chi connectivity index (χ0v) is 10.3. The van der Waals surface area contributed by atoms with Crippen molar-refractivity contribution >= 4 is 11.9 Å². The van der Waals surface area contributed by atoms with Gasteiger partial charge in [0.05, 0.1) is 0 Å². The lowest BCUT2D eigenvalue weighted by Crippen LogP contribution is -2.53. The van der Waals surface area contributed by atoms with Gasteiger partial charge in [-0.05, 0) is 13.3 Å². The number of hydrogen-bond donors (Lipinski definition) is 2. The predicted molar refractivity (Wildman–Crippen MR) is 63.5 cm³/mol. The van der Waals surface area contributed by atoms with Gasteiger partial charge in [-0.1, -0.05) is 0 Å². The van der Waals surface area contributed by atoms with Crippen molar-refractivity contribution in [3.05, 3.63) is 0 Å². The van der Waals surface area contributed by atoms with Crippen LogP contribution in [-0.2, 0) is 4.79 Å². The second-order valence-electron chi connectivity index (χ2n) is 4.03. The molecule has 0 aromatic rings. The van der Waals surface area contributed by atoms with Crippen LogP contribution in [0.4, 0.5) is 4.79 Å². The number of nitrogens with zero attached hydrogens (tertiary/aromatic N) is 2. The van der Waals surface area contributed by atoms with Gasteiger partial charge in [0.2, 0.25) is 5.91 Å². The van der Waals surface area contributed by atoms with Crippen LogP contribution in [0.5, 0.6) is 0 Å². The van der Waals surface area contributed by atoms with Crippen molar-refractivity contribution in [3.63, 3.8) is 0 Å². The highest BCUT2D eigenvalue weighted by molar-refractivity contribution is 5.77. The molecule has 0 bridgehead atoms. The maximum Gasteiger partial charge on any atom is 0.317 e. The first-order valence-corrected chi connectivity index (χ1v) is 6.10. The molecule has 0 aromatic heterocycles. The zero-order chi connectivity index (χ0) is 12.7. The van der Waals surface area contributed by atoms with E-state index in [0.717, 1.165) is 0 Å². The summed E-state index contributed by atoms with van der Waals surface area (Å²) in [6.45, 7) is 4.88. The summed E-state index contributed by atoms with van der Waals surface area (Å²) < 4.78 is 0. The summed E-state index contributed by atoms with van der Waals surface area (Å²) in [5, 5.41) is 11.4. The molecule has 0 radical (unpaired) electrons. The van der Waals surface area contributed by atoms with Crippen molar-refractivity contribution in [2.45, 2.75) is 19.8 Å². The molecule has 17 heavy (non-hydrogen) atoms. The minimum atomic E-state index is -0.0602. The van der Waals surface area contributed by atoms with Gasteiger partial charge < -0.3 is 20.2 Å². The quantitative estimate of drug-likeness (QED) is 0.708. The Morgan fingerprint density at radius 1 is 1.18 bits per heavy atom. The Balaban J connectivity index is 2.30. The van der Waals surface area contributed by atoms with E-state index >= 15 is 0 Å². The second-order valence-corrected chi connectivity index (χ2v) is 4.03. The van der Waals surface area contributed by atoms with Crippen LogP contribution in [0.25, 0.3) is 0 Å². The molecule has 1 rings (SSSR count). The third-order valence-electron chi connectivity index (χ3n) is 2.80. The fraction of sp³-hybridized carbons (Fsp3) is 0.818. The average Bonchev–Trinajstić information content (AvgIpc) is 2.36. The number of urea groups is 1. The Morgan fingerprint density at radius 2 is 1.76 bits per heavy atom. The highest BCUT2D eigenvalue weighted by atomic mass is 16.3. The topological polar surface area (TPSA) is 72.9 Å². The maximum atomic E-state index is 11.7. The molecule has 3 amide bonds. The first-order valence-electron chi connectivity index (χ1n) is 6.10. The van der Waals surface area contributed by atoms with E-state index in [1.807, 2.05) is 6.92 Å². The Labute approximate surface area is 102 Å². The second kappa shape index (κ2) is 7.11. The van der Waals surface area contributed by atoms with E-state index in [1.54, 1.807) is 9.80 Å². The Morgan fingerprint density at radius 3 is 2.29 bits per heavy atom. The Hall–Kier alpha value is -1.30. The van der Waals surface area contributed by atoms with E-state index < -0.39 is 0 Å². The molecule has 0 spiro atoms. The number of nitrogens with one attached hydrogen (secondary N) is 1. The molecule has 0 atom stereocenters. The van der Waals surface area contributed by atoms with Crippen molar-refractivity contribution in [3.8, 4) is 0 Å². The summed E-state index contributed by atoms with van der Waals surface area (Å²) in [4.78, 5) is 26.7. The molecule has 98 valence electrons. The molecule has 0 aliphatic carbocycles. The van der Waals surface area contributed by atoms with Crippen LogP contribution in [0.3, 0.4) is 0 Å². The van der Waals surface area contributed by atoms with Crippen LogP contribution in [-0.4, -0.2) is 66.2 Å². The number of carbonyl (C=O) groups is 2. The summed E-state index contributed by atoms with van der Waals surface area (Å²) >= 11 is 0. The number of aliphatic hydroxyl groups excluding tert-OH is 1. The van der Waals surface area contributed by atoms with E-state index in [0.29, 0.717) is 45.6 Å². The first kappa shape index (κ1) is 13.8. The van der Waals surface area contributed by atoms with E-state index in [4.69, 9.17) is 5.11 Å².